The number of allylic oxidation sites excluding steroid dienone is 2. The van der Waals surface area contributed by atoms with Gasteiger partial charge in [-0.25, -0.2) is 0 Å². The highest BCUT2D eigenvalue weighted by atomic mass is 35.5. The summed E-state index contributed by atoms with van der Waals surface area (Å²) in [4.78, 5) is 39.4. The van der Waals surface area contributed by atoms with Crippen LogP contribution in [0.15, 0.2) is 36.4 Å². The molecular weight excluding hydrogens is 388 g/mol. The second-order valence-electron chi connectivity index (χ2n) is 8.85. The number of benzene rings is 1. The lowest BCUT2D eigenvalue weighted by atomic mass is 9.63. The second-order valence-corrected chi connectivity index (χ2v) is 9.28. The van der Waals surface area contributed by atoms with Gasteiger partial charge in [0.2, 0.25) is 17.7 Å². The van der Waals surface area contributed by atoms with Gasteiger partial charge in [-0.3, -0.25) is 19.3 Å². The van der Waals surface area contributed by atoms with Crippen molar-refractivity contribution in [1.82, 2.24) is 4.90 Å². The maximum absolute atomic E-state index is 12.9. The fourth-order valence-electron chi connectivity index (χ4n) is 5.73. The van der Waals surface area contributed by atoms with Crippen molar-refractivity contribution in [3.05, 3.63) is 41.4 Å². The minimum atomic E-state index is -0.105. The summed E-state index contributed by atoms with van der Waals surface area (Å²) in [6.45, 7) is 0.484. The van der Waals surface area contributed by atoms with Crippen LogP contribution in [0.4, 0.5) is 5.69 Å². The molecule has 1 aromatic carbocycles. The number of amides is 3. The van der Waals surface area contributed by atoms with Crippen LogP contribution in [0.2, 0.25) is 5.02 Å². The van der Waals surface area contributed by atoms with Gasteiger partial charge in [0.15, 0.2) is 0 Å². The summed E-state index contributed by atoms with van der Waals surface area (Å²) in [7, 11) is 0. The molecule has 1 aromatic rings. The van der Waals surface area contributed by atoms with E-state index in [1.54, 1.807) is 24.3 Å². The monoisotopic (exact) mass is 412 g/mol. The SMILES string of the molecule is O=C(CCCCCN1C(=O)C2C3C=CC(C4CC34)C2C1=O)Nc1ccc(Cl)cc1. The number of nitrogens with one attached hydrogen (secondary N) is 1. The second kappa shape index (κ2) is 7.28. The van der Waals surface area contributed by atoms with E-state index in [9.17, 15) is 14.4 Å². The summed E-state index contributed by atoms with van der Waals surface area (Å²) in [5.74, 6) is 1.70. The van der Waals surface area contributed by atoms with Gasteiger partial charge in [0.1, 0.15) is 0 Å². The summed E-state index contributed by atoms with van der Waals surface area (Å²) < 4.78 is 0. The molecule has 5 aliphatic rings. The number of hydrogen-bond donors (Lipinski definition) is 1. The van der Waals surface area contributed by atoms with Gasteiger partial charge in [-0.15, -0.1) is 0 Å². The molecule has 6 heteroatoms. The van der Waals surface area contributed by atoms with Gasteiger partial charge in [-0.05, 0) is 67.2 Å². The number of carbonyl (C=O) groups excluding carboxylic acids is 3. The number of rotatable bonds is 7. The Labute approximate surface area is 175 Å². The van der Waals surface area contributed by atoms with Crippen LogP contribution in [0.3, 0.4) is 0 Å². The Hall–Kier alpha value is -2.14. The Kier molecular flexibility index (Phi) is 4.73. The van der Waals surface area contributed by atoms with E-state index in [4.69, 9.17) is 11.6 Å². The van der Waals surface area contributed by atoms with Crippen molar-refractivity contribution in [3.63, 3.8) is 0 Å². The lowest BCUT2D eigenvalue weighted by Crippen LogP contribution is -2.40. The number of likely N-dealkylation sites (tertiary alicyclic amines) is 1. The zero-order chi connectivity index (χ0) is 20.1. The molecule has 3 fully saturated rings. The minimum absolute atomic E-state index is 0.0338. The highest BCUT2D eigenvalue weighted by molar-refractivity contribution is 6.30. The number of hydrogen-bond acceptors (Lipinski definition) is 3. The zero-order valence-electron chi connectivity index (χ0n) is 16.2. The molecule has 6 unspecified atom stereocenters. The van der Waals surface area contributed by atoms with Gasteiger partial charge in [0.05, 0.1) is 11.8 Å². The Morgan fingerprint density at radius 3 is 2.21 bits per heavy atom. The van der Waals surface area contributed by atoms with Gasteiger partial charge in [0.25, 0.3) is 0 Å². The van der Waals surface area contributed by atoms with Crippen LogP contribution in [0, 0.1) is 35.5 Å². The predicted octanol–water partition coefficient (Wildman–Crippen LogP) is 3.89. The van der Waals surface area contributed by atoms with E-state index in [0.717, 1.165) is 24.9 Å². The summed E-state index contributed by atoms with van der Waals surface area (Å²) in [6.07, 6.45) is 8.32. The fraction of sp³-hybridized carbons (Fsp3) is 0.522. The maximum Gasteiger partial charge on any atom is 0.233 e. The van der Waals surface area contributed by atoms with Crippen molar-refractivity contribution in [3.8, 4) is 0 Å². The summed E-state index contributed by atoms with van der Waals surface area (Å²) in [5.41, 5.74) is 0.733. The van der Waals surface area contributed by atoms with Gasteiger partial charge in [0, 0.05) is 23.7 Å². The van der Waals surface area contributed by atoms with Crippen LogP contribution in [-0.2, 0) is 14.4 Å². The molecular formula is C23H25ClN2O3. The van der Waals surface area contributed by atoms with Gasteiger partial charge < -0.3 is 5.32 Å². The number of halogens is 1. The average Bonchev–Trinajstić information content (AvgIpc) is 3.49. The Morgan fingerprint density at radius 2 is 1.59 bits per heavy atom. The third-order valence-corrected chi connectivity index (χ3v) is 7.42. The van der Waals surface area contributed by atoms with E-state index in [-0.39, 0.29) is 41.4 Å². The van der Waals surface area contributed by atoms with E-state index in [1.807, 2.05) is 0 Å². The van der Waals surface area contributed by atoms with Crippen molar-refractivity contribution >= 4 is 35.0 Å². The number of carbonyl (C=O) groups is 3. The molecule has 4 aliphatic carbocycles. The zero-order valence-corrected chi connectivity index (χ0v) is 17.0. The average molecular weight is 413 g/mol. The minimum Gasteiger partial charge on any atom is -0.326 e. The highest BCUT2D eigenvalue weighted by Gasteiger charge is 2.66. The van der Waals surface area contributed by atoms with Crippen molar-refractivity contribution in [1.29, 1.82) is 0 Å². The molecule has 3 amide bonds. The lowest BCUT2D eigenvalue weighted by molar-refractivity contribution is -0.140. The molecule has 152 valence electrons. The number of nitrogens with zero attached hydrogens (tertiary/aromatic N) is 1. The topological polar surface area (TPSA) is 66.5 Å². The molecule has 1 N–H and O–H groups in total. The molecule has 1 aliphatic heterocycles. The molecule has 2 bridgehead atoms. The highest BCUT2D eigenvalue weighted by Crippen LogP contribution is 2.65. The van der Waals surface area contributed by atoms with Gasteiger partial charge in [-0.1, -0.05) is 30.2 Å². The van der Waals surface area contributed by atoms with E-state index in [1.165, 1.54) is 11.3 Å². The Bertz CT molecular complexity index is 845. The molecule has 6 atom stereocenters. The van der Waals surface area contributed by atoms with Crippen molar-refractivity contribution < 1.29 is 14.4 Å². The van der Waals surface area contributed by atoms with Crippen LogP contribution in [0.25, 0.3) is 0 Å². The molecule has 1 heterocycles. The van der Waals surface area contributed by atoms with Crippen LogP contribution in [0.5, 0.6) is 0 Å². The quantitative estimate of drug-likeness (QED) is 0.419. The third kappa shape index (κ3) is 3.29. The van der Waals surface area contributed by atoms with Crippen LogP contribution < -0.4 is 5.32 Å². The van der Waals surface area contributed by atoms with Gasteiger partial charge in [-0.2, -0.15) is 0 Å². The molecule has 6 rings (SSSR count). The third-order valence-electron chi connectivity index (χ3n) is 7.17. The van der Waals surface area contributed by atoms with Gasteiger partial charge >= 0.3 is 0 Å². The normalized spacial score (nSPS) is 33.6. The molecule has 1 saturated heterocycles. The standard InChI is InChI=1S/C23H25ClN2O3/c24-13-5-7-14(8-6-13)25-19(27)4-2-1-3-11-26-22(28)20-15-9-10-16(18-12-17(15)18)21(20)23(26)29/h5-10,15-18,20-21H,1-4,11-12H2,(H,25,27). The lowest BCUT2D eigenvalue weighted by Gasteiger charge is -2.37. The molecule has 0 spiro atoms. The van der Waals surface area contributed by atoms with E-state index < -0.39 is 0 Å². The van der Waals surface area contributed by atoms with Crippen LogP contribution >= 0.6 is 11.6 Å². The predicted molar refractivity (Wildman–Crippen MR) is 110 cm³/mol. The van der Waals surface area contributed by atoms with Crippen molar-refractivity contribution in [2.24, 2.45) is 35.5 Å². The van der Waals surface area contributed by atoms with E-state index >= 15 is 0 Å². The van der Waals surface area contributed by atoms with E-state index in [0.29, 0.717) is 29.8 Å². The van der Waals surface area contributed by atoms with Crippen molar-refractivity contribution in [2.75, 3.05) is 11.9 Å². The molecule has 5 nitrogen and oxygen atoms in total. The largest absolute Gasteiger partial charge is 0.326 e. The number of anilines is 1. The summed E-state index contributed by atoms with van der Waals surface area (Å²) in [5, 5.41) is 3.48. The molecule has 0 aromatic heterocycles. The first-order chi connectivity index (χ1) is 14.0. The smallest absolute Gasteiger partial charge is 0.233 e. The molecule has 29 heavy (non-hydrogen) atoms. The van der Waals surface area contributed by atoms with Crippen molar-refractivity contribution in [2.45, 2.75) is 32.1 Å². The first kappa shape index (κ1) is 18.9. The first-order valence-electron chi connectivity index (χ1n) is 10.6. The first-order valence-corrected chi connectivity index (χ1v) is 11.0. The maximum atomic E-state index is 12.9. The molecule has 0 radical (unpaired) electrons. The molecule has 2 saturated carbocycles. The number of unbranched alkanes of at least 4 members (excludes halogenated alkanes) is 2. The fourth-order valence-corrected chi connectivity index (χ4v) is 5.85. The summed E-state index contributed by atoms with van der Waals surface area (Å²) >= 11 is 5.84. The summed E-state index contributed by atoms with van der Waals surface area (Å²) in [6, 6.07) is 7.03. The Morgan fingerprint density at radius 1 is 0.966 bits per heavy atom. The van der Waals surface area contributed by atoms with Crippen LogP contribution in [0.1, 0.15) is 32.1 Å². The number of imide groups is 1. The van der Waals surface area contributed by atoms with Crippen LogP contribution in [-0.4, -0.2) is 29.2 Å². The van der Waals surface area contributed by atoms with E-state index in [2.05, 4.69) is 17.5 Å². The Balaban J connectivity index is 1.07.